The number of hydrogen-bond acceptors (Lipinski definition) is 4. The lowest BCUT2D eigenvalue weighted by Gasteiger charge is -2.39. The molecule has 0 aliphatic heterocycles. The molecular formula is C27H33ClF3N3O5. The van der Waals surface area contributed by atoms with Crippen molar-refractivity contribution in [3.05, 3.63) is 52.4 Å². The number of carbonyl (C=O) groups is 3. The molecule has 39 heavy (non-hydrogen) atoms. The summed E-state index contributed by atoms with van der Waals surface area (Å²) in [5, 5.41) is 16.0. The van der Waals surface area contributed by atoms with E-state index in [1.807, 2.05) is 0 Å². The van der Waals surface area contributed by atoms with E-state index >= 15 is 0 Å². The molecule has 1 aromatic heterocycles. The Hall–Kier alpha value is -3.21. The quantitative estimate of drug-likeness (QED) is 0.275. The average Bonchev–Trinajstić information content (AvgIpc) is 3.32. The first-order valence-electron chi connectivity index (χ1n) is 12.7. The van der Waals surface area contributed by atoms with Crippen molar-refractivity contribution < 1.29 is 37.1 Å². The molecule has 4 N–H and O–H groups in total. The van der Waals surface area contributed by atoms with Gasteiger partial charge < -0.3 is 25.5 Å². The number of hydrogen-bond donors (Lipinski definition) is 4. The van der Waals surface area contributed by atoms with E-state index in [1.54, 1.807) is 6.07 Å². The van der Waals surface area contributed by atoms with Gasteiger partial charge >= 0.3 is 18.2 Å². The molecule has 0 spiro atoms. The molecule has 8 nitrogen and oxygen atoms in total. The van der Waals surface area contributed by atoms with Crippen molar-refractivity contribution in [1.29, 1.82) is 0 Å². The topological polar surface area (TPSA) is 121 Å². The molecule has 2 aromatic rings. The van der Waals surface area contributed by atoms with Crippen molar-refractivity contribution in [3.63, 3.8) is 0 Å². The molecule has 3 rings (SSSR count). The van der Waals surface area contributed by atoms with Crippen LogP contribution in [0.15, 0.2) is 34.7 Å². The van der Waals surface area contributed by atoms with Crippen LogP contribution in [0, 0.1) is 17.3 Å². The number of alkyl halides is 3. The molecule has 1 fully saturated rings. The Kier molecular flexibility index (Phi) is 9.58. The molecule has 0 saturated heterocycles. The van der Waals surface area contributed by atoms with Gasteiger partial charge in [0, 0.05) is 12.2 Å². The molecule has 12 heteroatoms. The van der Waals surface area contributed by atoms with E-state index in [9.17, 15) is 27.6 Å². The van der Waals surface area contributed by atoms with Gasteiger partial charge in [0.2, 0.25) is 0 Å². The van der Waals surface area contributed by atoms with Crippen molar-refractivity contribution in [2.45, 2.75) is 65.1 Å². The van der Waals surface area contributed by atoms with Gasteiger partial charge in [0.25, 0.3) is 5.91 Å². The maximum atomic E-state index is 13.3. The summed E-state index contributed by atoms with van der Waals surface area (Å²) in [6.45, 7) is 6.48. The van der Waals surface area contributed by atoms with E-state index in [2.05, 4.69) is 36.7 Å². The fourth-order valence-corrected chi connectivity index (χ4v) is 5.11. The molecule has 1 unspecified atom stereocenters. The summed E-state index contributed by atoms with van der Waals surface area (Å²) in [5.41, 5.74) is -1.02. The summed E-state index contributed by atoms with van der Waals surface area (Å²) in [7, 11) is 0. The molecule has 214 valence electrons. The normalized spacial score (nSPS) is 18.7. The predicted molar refractivity (Wildman–Crippen MR) is 140 cm³/mol. The molecule has 1 heterocycles. The van der Waals surface area contributed by atoms with Crippen molar-refractivity contribution in [3.8, 4) is 0 Å². The van der Waals surface area contributed by atoms with E-state index in [0.29, 0.717) is 11.7 Å². The summed E-state index contributed by atoms with van der Waals surface area (Å²) >= 11 is 5.68. The number of aliphatic carboxylic acids is 1. The smallest absolute Gasteiger partial charge is 0.417 e. The van der Waals surface area contributed by atoms with Gasteiger partial charge in [-0.1, -0.05) is 32.4 Å². The zero-order valence-electron chi connectivity index (χ0n) is 22.0. The Morgan fingerprint density at radius 2 is 1.74 bits per heavy atom. The number of nitrogens with one attached hydrogen (secondary N) is 3. The number of carboxylic acids is 1. The Balaban J connectivity index is 1.78. The third-order valence-corrected chi connectivity index (χ3v) is 7.40. The van der Waals surface area contributed by atoms with Crippen LogP contribution in [0.5, 0.6) is 0 Å². The van der Waals surface area contributed by atoms with Crippen LogP contribution in [0.2, 0.25) is 5.02 Å². The first-order chi connectivity index (χ1) is 18.1. The Bertz CT molecular complexity index is 1180. The van der Waals surface area contributed by atoms with Gasteiger partial charge in [-0.3, -0.25) is 9.59 Å². The first-order valence-corrected chi connectivity index (χ1v) is 13.1. The lowest BCUT2D eigenvalue weighted by molar-refractivity contribution is -0.138. The van der Waals surface area contributed by atoms with Crippen molar-refractivity contribution in [1.82, 2.24) is 10.6 Å². The number of rotatable bonds is 8. The second-order valence-corrected chi connectivity index (χ2v) is 11.3. The Morgan fingerprint density at radius 1 is 1.08 bits per heavy atom. The van der Waals surface area contributed by atoms with E-state index in [-0.39, 0.29) is 35.7 Å². The van der Waals surface area contributed by atoms with Crippen LogP contribution in [0.3, 0.4) is 0 Å². The van der Waals surface area contributed by atoms with Crippen molar-refractivity contribution >= 4 is 35.2 Å². The largest absolute Gasteiger partial charge is 0.481 e. The number of carbonyl (C=O) groups excluding carboxylic acids is 2. The monoisotopic (exact) mass is 571 g/mol. The molecule has 1 saturated carbocycles. The average molecular weight is 572 g/mol. The Morgan fingerprint density at radius 3 is 2.33 bits per heavy atom. The molecule has 0 bridgehead atoms. The number of carboxylic acid groups (broad SMARTS) is 1. The minimum atomic E-state index is -4.69. The highest BCUT2D eigenvalue weighted by atomic mass is 35.5. The van der Waals surface area contributed by atoms with Gasteiger partial charge in [-0.2, -0.15) is 13.2 Å². The highest BCUT2D eigenvalue weighted by Gasteiger charge is 2.36. The summed E-state index contributed by atoms with van der Waals surface area (Å²) in [6, 6.07) is 4.71. The number of benzene rings is 1. The minimum absolute atomic E-state index is 0.0422. The molecule has 3 amide bonds. The lowest BCUT2D eigenvalue weighted by Crippen LogP contribution is -2.38. The van der Waals surface area contributed by atoms with Gasteiger partial charge in [-0.15, -0.1) is 0 Å². The number of amides is 3. The fraction of sp³-hybridized carbons (Fsp3) is 0.519. The van der Waals surface area contributed by atoms with Gasteiger partial charge in [0.05, 0.1) is 23.0 Å². The summed E-state index contributed by atoms with van der Waals surface area (Å²) in [4.78, 5) is 36.0. The second-order valence-electron chi connectivity index (χ2n) is 10.8. The summed E-state index contributed by atoms with van der Waals surface area (Å²) < 4.78 is 45.5. The summed E-state index contributed by atoms with van der Waals surface area (Å²) in [5.74, 6) is -0.925. The zero-order valence-corrected chi connectivity index (χ0v) is 22.7. The van der Waals surface area contributed by atoms with Gasteiger partial charge in [-0.25, -0.2) is 4.79 Å². The van der Waals surface area contributed by atoms with Crippen LogP contribution in [-0.2, 0) is 11.0 Å². The zero-order chi connectivity index (χ0) is 29.0. The molecule has 1 aliphatic rings. The van der Waals surface area contributed by atoms with Crippen LogP contribution >= 0.6 is 11.6 Å². The third-order valence-electron chi connectivity index (χ3n) is 7.07. The minimum Gasteiger partial charge on any atom is -0.481 e. The number of urea groups is 1. The summed E-state index contributed by atoms with van der Waals surface area (Å²) in [6.07, 6.45) is -1.55. The van der Waals surface area contributed by atoms with Gasteiger partial charge in [-0.05, 0) is 73.3 Å². The van der Waals surface area contributed by atoms with E-state index < -0.39 is 40.7 Å². The number of furan rings is 1. The predicted octanol–water partition coefficient (Wildman–Crippen LogP) is 6.87. The van der Waals surface area contributed by atoms with Crippen molar-refractivity contribution in [2.75, 3.05) is 11.9 Å². The fourth-order valence-electron chi connectivity index (χ4n) is 4.88. The molecule has 1 aliphatic carbocycles. The first kappa shape index (κ1) is 30.3. The molecular weight excluding hydrogens is 539 g/mol. The van der Waals surface area contributed by atoms with Gasteiger partial charge in [0.15, 0.2) is 5.76 Å². The number of halogens is 4. The van der Waals surface area contributed by atoms with Crippen LogP contribution < -0.4 is 16.0 Å². The van der Waals surface area contributed by atoms with Crippen LogP contribution in [0.4, 0.5) is 23.7 Å². The second kappa shape index (κ2) is 12.3. The van der Waals surface area contributed by atoms with E-state index in [4.69, 9.17) is 21.1 Å². The SMILES string of the molecule is CC(C)(C)C1CCC(C(NC(=O)Nc2ccc(Cl)c(C(F)(F)F)c2)c2ccc(C(=O)NCCC(=O)O)o2)CC1. The van der Waals surface area contributed by atoms with Crippen molar-refractivity contribution in [2.24, 2.45) is 17.3 Å². The molecule has 0 radical (unpaired) electrons. The number of anilines is 1. The highest BCUT2D eigenvalue weighted by molar-refractivity contribution is 6.31. The van der Waals surface area contributed by atoms with Gasteiger partial charge in [0.1, 0.15) is 5.76 Å². The van der Waals surface area contributed by atoms with Crippen LogP contribution in [0.25, 0.3) is 0 Å². The van der Waals surface area contributed by atoms with Crippen LogP contribution in [0.1, 0.15) is 80.8 Å². The standard InChI is InChI=1S/C27H33ClF3N3O5/c1-26(2,3)16-6-4-15(5-7-16)23(20-10-11-21(39-20)24(37)32-13-12-22(35)36)34-25(38)33-17-8-9-19(28)18(14-17)27(29,30)31/h8-11,14-16,23H,4-7,12-13H2,1-3H3,(H,32,37)(H,35,36)(H2,33,34,38). The van der Waals surface area contributed by atoms with E-state index in [0.717, 1.165) is 37.8 Å². The highest BCUT2D eigenvalue weighted by Crippen LogP contribution is 2.44. The van der Waals surface area contributed by atoms with E-state index in [1.165, 1.54) is 12.1 Å². The Labute approximate surface area is 229 Å². The molecule has 1 aromatic carbocycles. The third kappa shape index (κ3) is 8.39. The maximum absolute atomic E-state index is 13.3. The lowest BCUT2D eigenvalue weighted by atomic mass is 9.68. The maximum Gasteiger partial charge on any atom is 0.417 e. The molecule has 1 atom stereocenters. The van der Waals surface area contributed by atoms with Crippen LogP contribution in [-0.4, -0.2) is 29.6 Å².